The maximum atomic E-state index is 12.9. The molecule has 1 heterocycles. The Morgan fingerprint density at radius 2 is 1.72 bits per heavy atom. The zero-order chi connectivity index (χ0) is 23.9. The number of nitrogens with zero attached hydrogens (tertiary/aromatic N) is 3. The molecule has 1 aliphatic rings. The molecule has 0 bridgehead atoms. The van der Waals surface area contributed by atoms with Crippen molar-refractivity contribution in [2.45, 2.75) is 60.0 Å². The van der Waals surface area contributed by atoms with E-state index in [0.29, 0.717) is 25.7 Å². The fraction of sp³-hybridized carbons (Fsp3) is 0.692. The third-order valence-electron chi connectivity index (χ3n) is 6.36. The Balaban J connectivity index is 1.83. The third kappa shape index (κ3) is 7.89. The van der Waals surface area contributed by atoms with Crippen LogP contribution in [0.4, 0.5) is 0 Å². The van der Waals surface area contributed by atoms with E-state index in [9.17, 15) is 9.59 Å². The number of carbonyl (C=O) groups excluding carboxylic acids is 2. The second-order valence-corrected chi connectivity index (χ2v) is 10.5. The van der Waals surface area contributed by atoms with Gasteiger partial charge in [0.05, 0.1) is 0 Å². The summed E-state index contributed by atoms with van der Waals surface area (Å²) in [6.45, 7) is 15.7. The molecular weight excluding hydrogens is 400 g/mol. The first-order valence-electron chi connectivity index (χ1n) is 12.1. The largest absolute Gasteiger partial charge is 0.355 e. The van der Waals surface area contributed by atoms with Crippen LogP contribution in [0.5, 0.6) is 0 Å². The summed E-state index contributed by atoms with van der Waals surface area (Å²) in [5.41, 5.74) is 1.99. The van der Waals surface area contributed by atoms with Crippen LogP contribution in [0.2, 0.25) is 0 Å². The lowest BCUT2D eigenvalue weighted by molar-refractivity contribution is -0.126. The molecule has 1 aromatic rings. The Morgan fingerprint density at radius 3 is 2.22 bits per heavy atom. The van der Waals surface area contributed by atoms with Crippen molar-refractivity contribution >= 4 is 11.8 Å². The summed E-state index contributed by atoms with van der Waals surface area (Å²) in [4.78, 5) is 32.0. The molecule has 180 valence electrons. The number of hydrogen-bond donors (Lipinski definition) is 1. The van der Waals surface area contributed by atoms with Gasteiger partial charge in [-0.15, -0.1) is 0 Å². The zero-order valence-corrected chi connectivity index (χ0v) is 21.3. The van der Waals surface area contributed by atoms with Gasteiger partial charge in [-0.2, -0.15) is 0 Å². The van der Waals surface area contributed by atoms with E-state index in [4.69, 9.17) is 0 Å². The molecule has 0 aliphatic carbocycles. The van der Waals surface area contributed by atoms with E-state index >= 15 is 0 Å². The average molecular weight is 445 g/mol. The van der Waals surface area contributed by atoms with Crippen molar-refractivity contribution in [2.75, 3.05) is 46.8 Å². The van der Waals surface area contributed by atoms with Crippen molar-refractivity contribution in [2.24, 2.45) is 11.3 Å². The maximum absolute atomic E-state index is 12.9. The van der Waals surface area contributed by atoms with Gasteiger partial charge in [0.25, 0.3) is 5.91 Å². The molecule has 0 aromatic heterocycles. The molecule has 1 aliphatic heterocycles. The van der Waals surface area contributed by atoms with Gasteiger partial charge in [-0.3, -0.25) is 14.5 Å². The summed E-state index contributed by atoms with van der Waals surface area (Å²) in [5, 5.41) is 3.14. The Morgan fingerprint density at radius 1 is 1.12 bits per heavy atom. The highest BCUT2D eigenvalue weighted by molar-refractivity contribution is 5.94. The standard InChI is InChI=1S/C26H44N4O2/c1-8-29(20(2)3)17-21-9-11-23(12-10-21)25(32)30-15-13-22(14-16-30)24(31)27-18-26(4,5)19-28(6)7/h9-12,20,22H,8,13-19H2,1-7H3,(H,27,31). The molecule has 0 atom stereocenters. The van der Waals surface area contributed by atoms with E-state index in [-0.39, 0.29) is 23.1 Å². The number of piperidine rings is 1. The fourth-order valence-corrected chi connectivity index (χ4v) is 4.56. The van der Waals surface area contributed by atoms with Gasteiger partial charge in [0, 0.05) is 50.2 Å². The van der Waals surface area contributed by atoms with Crippen LogP contribution in [0.15, 0.2) is 24.3 Å². The summed E-state index contributed by atoms with van der Waals surface area (Å²) in [7, 11) is 4.10. The molecule has 0 radical (unpaired) electrons. The molecule has 32 heavy (non-hydrogen) atoms. The van der Waals surface area contributed by atoms with Gasteiger partial charge in [0.1, 0.15) is 0 Å². The first-order valence-corrected chi connectivity index (χ1v) is 12.1. The monoisotopic (exact) mass is 444 g/mol. The number of amides is 2. The lowest BCUT2D eigenvalue weighted by Gasteiger charge is -2.33. The van der Waals surface area contributed by atoms with Crippen LogP contribution in [-0.2, 0) is 11.3 Å². The molecule has 2 rings (SSSR count). The van der Waals surface area contributed by atoms with Crippen molar-refractivity contribution in [3.63, 3.8) is 0 Å². The SMILES string of the molecule is CCN(Cc1ccc(C(=O)N2CCC(C(=O)NCC(C)(C)CN(C)C)CC2)cc1)C(C)C. The summed E-state index contributed by atoms with van der Waals surface area (Å²) in [6.07, 6.45) is 1.45. The van der Waals surface area contributed by atoms with E-state index in [1.807, 2.05) is 17.0 Å². The molecule has 1 aromatic carbocycles. The maximum Gasteiger partial charge on any atom is 0.253 e. The summed E-state index contributed by atoms with van der Waals surface area (Å²) >= 11 is 0. The normalized spacial score (nSPS) is 15.6. The molecular formula is C26H44N4O2. The molecule has 1 fully saturated rings. The number of hydrogen-bond acceptors (Lipinski definition) is 4. The molecule has 1 N–H and O–H groups in total. The molecule has 6 nitrogen and oxygen atoms in total. The second kappa shape index (κ2) is 11.8. The van der Waals surface area contributed by atoms with E-state index in [1.165, 1.54) is 5.56 Å². The van der Waals surface area contributed by atoms with Gasteiger partial charge < -0.3 is 15.1 Å². The molecule has 0 spiro atoms. The first-order chi connectivity index (χ1) is 15.0. The number of likely N-dealkylation sites (tertiary alicyclic amines) is 1. The Hall–Kier alpha value is -1.92. The van der Waals surface area contributed by atoms with Crippen molar-refractivity contribution in [3.05, 3.63) is 35.4 Å². The van der Waals surface area contributed by atoms with Crippen molar-refractivity contribution in [1.82, 2.24) is 20.0 Å². The van der Waals surface area contributed by atoms with Crippen molar-refractivity contribution < 1.29 is 9.59 Å². The van der Waals surface area contributed by atoms with Crippen LogP contribution >= 0.6 is 0 Å². The van der Waals surface area contributed by atoms with E-state index in [1.54, 1.807) is 0 Å². The predicted octanol–water partition coefficient (Wildman–Crippen LogP) is 3.47. The lowest BCUT2D eigenvalue weighted by atomic mass is 9.91. The minimum Gasteiger partial charge on any atom is -0.355 e. The summed E-state index contributed by atoms with van der Waals surface area (Å²) in [6, 6.07) is 8.51. The van der Waals surface area contributed by atoms with Gasteiger partial charge in [-0.1, -0.05) is 32.9 Å². The van der Waals surface area contributed by atoms with Gasteiger partial charge >= 0.3 is 0 Å². The van der Waals surface area contributed by atoms with Gasteiger partial charge in [0.15, 0.2) is 0 Å². The number of benzene rings is 1. The first kappa shape index (κ1) is 26.3. The van der Waals surface area contributed by atoms with Crippen LogP contribution in [-0.4, -0.2) is 79.4 Å². The summed E-state index contributed by atoms with van der Waals surface area (Å²) in [5.74, 6) is 0.185. The highest BCUT2D eigenvalue weighted by atomic mass is 16.2. The fourth-order valence-electron chi connectivity index (χ4n) is 4.56. The van der Waals surface area contributed by atoms with Crippen LogP contribution < -0.4 is 5.32 Å². The topological polar surface area (TPSA) is 55.9 Å². The Bertz CT molecular complexity index is 735. The van der Waals surface area contributed by atoms with E-state index < -0.39 is 0 Å². The second-order valence-electron chi connectivity index (χ2n) is 10.5. The average Bonchev–Trinajstić information content (AvgIpc) is 2.75. The number of carbonyl (C=O) groups is 2. The number of nitrogens with one attached hydrogen (secondary N) is 1. The van der Waals surface area contributed by atoms with Crippen LogP contribution in [0, 0.1) is 11.3 Å². The quantitative estimate of drug-likeness (QED) is 0.600. The van der Waals surface area contributed by atoms with Crippen LogP contribution in [0.25, 0.3) is 0 Å². The highest BCUT2D eigenvalue weighted by Crippen LogP contribution is 2.21. The van der Waals surface area contributed by atoms with Crippen molar-refractivity contribution in [1.29, 1.82) is 0 Å². The Kier molecular flexibility index (Phi) is 9.71. The van der Waals surface area contributed by atoms with Crippen molar-refractivity contribution in [3.8, 4) is 0 Å². The van der Waals surface area contributed by atoms with E-state index in [0.717, 1.165) is 38.0 Å². The minimum atomic E-state index is -0.00681. The number of rotatable bonds is 10. The highest BCUT2D eigenvalue weighted by Gasteiger charge is 2.29. The van der Waals surface area contributed by atoms with Gasteiger partial charge in [0.2, 0.25) is 5.91 Å². The van der Waals surface area contributed by atoms with Crippen LogP contribution in [0.1, 0.15) is 63.4 Å². The molecule has 0 saturated carbocycles. The van der Waals surface area contributed by atoms with Gasteiger partial charge in [-0.25, -0.2) is 0 Å². The smallest absolute Gasteiger partial charge is 0.253 e. The molecule has 6 heteroatoms. The third-order valence-corrected chi connectivity index (χ3v) is 6.36. The van der Waals surface area contributed by atoms with E-state index in [2.05, 4.69) is 76.0 Å². The summed E-state index contributed by atoms with van der Waals surface area (Å²) < 4.78 is 0. The molecule has 1 saturated heterocycles. The Labute approximate surface area is 195 Å². The molecule has 2 amide bonds. The molecule has 0 unspecified atom stereocenters. The predicted molar refractivity (Wildman–Crippen MR) is 132 cm³/mol. The van der Waals surface area contributed by atoms with Gasteiger partial charge in [-0.05, 0) is 70.4 Å². The van der Waals surface area contributed by atoms with Crippen LogP contribution in [0.3, 0.4) is 0 Å². The zero-order valence-electron chi connectivity index (χ0n) is 21.3. The lowest BCUT2D eigenvalue weighted by Crippen LogP contribution is -2.46. The minimum absolute atomic E-state index is 0.00681.